The molecular formula is C8H17ClN2O. The van der Waals surface area contributed by atoms with E-state index in [1.54, 1.807) is 11.9 Å². The molecule has 72 valence electrons. The molecule has 0 bridgehead atoms. The van der Waals surface area contributed by atoms with Crippen LogP contribution in [0.5, 0.6) is 0 Å². The van der Waals surface area contributed by atoms with E-state index in [9.17, 15) is 4.79 Å². The van der Waals surface area contributed by atoms with Crippen LogP contribution in [-0.2, 0) is 0 Å². The smallest absolute Gasteiger partial charge is 0.317 e. The van der Waals surface area contributed by atoms with Crippen molar-refractivity contribution in [2.75, 3.05) is 26.0 Å². The lowest BCUT2D eigenvalue weighted by molar-refractivity contribution is 0.209. The first-order valence-electron chi connectivity index (χ1n) is 4.27. The first kappa shape index (κ1) is 11.6. The molecule has 0 radical (unpaired) electrons. The van der Waals surface area contributed by atoms with Crippen LogP contribution in [0.2, 0.25) is 0 Å². The maximum absolute atomic E-state index is 11.2. The van der Waals surface area contributed by atoms with Gasteiger partial charge in [0.15, 0.2) is 0 Å². The number of hydrogen-bond donors (Lipinski definition) is 1. The van der Waals surface area contributed by atoms with Gasteiger partial charge in [-0.25, -0.2) is 4.79 Å². The number of amides is 2. The minimum absolute atomic E-state index is 0.0379. The van der Waals surface area contributed by atoms with E-state index in [2.05, 4.69) is 12.2 Å². The second kappa shape index (κ2) is 7.22. The number of unbranched alkanes of at least 4 members (excludes halogenated alkanes) is 1. The predicted octanol–water partition coefficient (Wildman–Crippen LogP) is 1.67. The maximum Gasteiger partial charge on any atom is 0.317 e. The van der Waals surface area contributed by atoms with Crippen LogP contribution in [0.1, 0.15) is 19.8 Å². The molecule has 0 rings (SSSR count). The molecule has 2 amide bonds. The summed E-state index contributed by atoms with van der Waals surface area (Å²) in [6.45, 7) is 3.45. The van der Waals surface area contributed by atoms with Gasteiger partial charge in [-0.1, -0.05) is 13.3 Å². The highest BCUT2D eigenvalue weighted by atomic mass is 35.5. The normalized spacial score (nSPS) is 9.58. The van der Waals surface area contributed by atoms with E-state index in [0.717, 1.165) is 19.4 Å². The lowest BCUT2D eigenvalue weighted by Crippen LogP contribution is -2.38. The molecule has 0 aromatic rings. The van der Waals surface area contributed by atoms with Gasteiger partial charge in [-0.2, -0.15) is 0 Å². The number of rotatable bonds is 5. The number of hydrogen-bond acceptors (Lipinski definition) is 1. The second-order valence-corrected chi connectivity index (χ2v) is 3.07. The molecule has 0 heterocycles. The number of nitrogens with zero attached hydrogens (tertiary/aromatic N) is 1. The third kappa shape index (κ3) is 5.24. The van der Waals surface area contributed by atoms with Gasteiger partial charge in [0.2, 0.25) is 0 Å². The first-order valence-corrected chi connectivity index (χ1v) is 4.80. The van der Waals surface area contributed by atoms with Gasteiger partial charge in [0, 0.05) is 26.0 Å². The molecular weight excluding hydrogens is 176 g/mol. The van der Waals surface area contributed by atoms with E-state index in [1.165, 1.54) is 0 Å². The van der Waals surface area contributed by atoms with Crippen LogP contribution in [-0.4, -0.2) is 36.9 Å². The summed E-state index contributed by atoms with van der Waals surface area (Å²) >= 11 is 5.42. The molecule has 0 aromatic carbocycles. The summed E-state index contributed by atoms with van der Waals surface area (Å²) in [7, 11) is 1.79. The van der Waals surface area contributed by atoms with Crippen LogP contribution in [0.25, 0.3) is 0 Å². The van der Waals surface area contributed by atoms with Crippen LogP contribution in [0.15, 0.2) is 0 Å². The molecule has 3 nitrogen and oxygen atoms in total. The lowest BCUT2D eigenvalue weighted by atomic mass is 10.3. The average molecular weight is 193 g/mol. The molecule has 0 saturated heterocycles. The number of nitrogens with one attached hydrogen (secondary N) is 1. The van der Waals surface area contributed by atoms with Gasteiger partial charge in [0.1, 0.15) is 0 Å². The van der Waals surface area contributed by atoms with E-state index >= 15 is 0 Å². The molecule has 0 aliphatic carbocycles. The lowest BCUT2D eigenvalue weighted by Gasteiger charge is -2.16. The number of carbonyl (C=O) groups is 1. The SMILES string of the molecule is CCCCN(C)C(=O)NCCCl. The van der Waals surface area contributed by atoms with Crippen molar-refractivity contribution in [1.29, 1.82) is 0 Å². The molecule has 0 aliphatic rings. The summed E-state index contributed by atoms with van der Waals surface area (Å²) in [5.41, 5.74) is 0. The summed E-state index contributed by atoms with van der Waals surface area (Å²) in [4.78, 5) is 12.8. The van der Waals surface area contributed by atoms with E-state index in [4.69, 9.17) is 11.6 Å². The Hall–Kier alpha value is -0.440. The molecule has 0 atom stereocenters. The average Bonchev–Trinajstić information content (AvgIpc) is 2.10. The maximum atomic E-state index is 11.2. The molecule has 12 heavy (non-hydrogen) atoms. The number of halogens is 1. The standard InChI is InChI=1S/C8H17ClN2O/c1-3-4-7-11(2)8(12)10-6-5-9/h3-7H2,1-2H3,(H,10,12). The van der Waals surface area contributed by atoms with Gasteiger partial charge in [-0.15, -0.1) is 11.6 Å². The Kier molecular flexibility index (Phi) is 6.96. The third-order valence-corrected chi connectivity index (χ3v) is 1.75. The van der Waals surface area contributed by atoms with Crippen molar-refractivity contribution in [3.8, 4) is 0 Å². The van der Waals surface area contributed by atoms with Gasteiger partial charge >= 0.3 is 6.03 Å². The first-order chi connectivity index (χ1) is 5.72. The molecule has 0 spiro atoms. The van der Waals surface area contributed by atoms with Gasteiger partial charge < -0.3 is 10.2 Å². The quantitative estimate of drug-likeness (QED) is 0.661. The van der Waals surface area contributed by atoms with Crippen molar-refractivity contribution in [2.45, 2.75) is 19.8 Å². The van der Waals surface area contributed by atoms with Crippen molar-refractivity contribution in [2.24, 2.45) is 0 Å². The van der Waals surface area contributed by atoms with Crippen LogP contribution < -0.4 is 5.32 Å². The topological polar surface area (TPSA) is 32.3 Å². The van der Waals surface area contributed by atoms with Crippen molar-refractivity contribution >= 4 is 17.6 Å². The van der Waals surface area contributed by atoms with E-state index < -0.39 is 0 Å². The Morgan fingerprint density at radius 1 is 1.58 bits per heavy atom. The highest BCUT2D eigenvalue weighted by Gasteiger charge is 2.04. The molecule has 0 aromatic heterocycles. The summed E-state index contributed by atoms with van der Waals surface area (Å²) in [6.07, 6.45) is 2.15. The predicted molar refractivity (Wildman–Crippen MR) is 51.7 cm³/mol. The molecule has 0 saturated carbocycles. The summed E-state index contributed by atoms with van der Waals surface area (Å²) in [6, 6.07) is -0.0379. The largest absolute Gasteiger partial charge is 0.337 e. The number of carbonyl (C=O) groups excluding carboxylic acids is 1. The Labute approximate surface area is 79.1 Å². The fraction of sp³-hybridized carbons (Fsp3) is 0.875. The minimum atomic E-state index is -0.0379. The Morgan fingerprint density at radius 2 is 2.25 bits per heavy atom. The van der Waals surface area contributed by atoms with Crippen molar-refractivity contribution in [3.63, 3.8) is 0 Å². The molecule has 1 N–H and O–H groups in total. The zero-order valence-electron chi connectivity index (χ0n) is 7.77. The Morgan fingerprint density at radius 3 is 2.75 bits per heavy atom. The monoisotopic (exact) mass is 192 g/mol. The summed E-state index contributed by atoms with van der Waals surface area (Å²) in [5.74, 6) is 0.466. The molecule has 4 heteroatoms. The molecule has 0 aliphatic heterocycles. The second-order valence-electron chi connectivity index (χ2n) is 2.70. The third-order valence-electron chi connectivity index (χ3n) is 1.56. The van der Waals surface area contributed by atoms with E-state index in [1.807, 2.05) is 0 Å². The number of urea groups is 1. The van der Waals surface area contributed by atoms with Gasteiger partial charge in [-0.3, -0.25) is 0 Å². The minimum Gasteiger partial charge on any atom is -0.337 e. The van der Waals surface area contributed by atoms with Gasteiger partial charge in [0.05, 0.1) is 0 Å². The van der Waals surface area contributed by atoms with Crippen LogP contribution >= 0.6 is 11.6 Å². The van der Waals surface area contributed by atoms with Gasteiger partial charge in [-0.05, 0) is 6.42 Å². The summed E-state index contributed by atoms with van der Waals surface area (Å²) in [5, 5.41) is 2.70. The van der Waals surface area contributed by atoms with Gasteiger partial charge in [0.25, 0.3) is 0 Å². The zero-order chi connectivity index (χ0) is 9.40. The van der Waals surface area contributed by atoms with Crippen molar-refractivity contribution in [1.82, 2.24) is 10.2 Å². The van der Waals surface area contributed by atoms with E-state index in [0.29, 0.717) is 12.4 Å². The highest BCUT2D eigenvalue weighted by Crippen LogP contribution is 1.91. The fourth-order valence-corrected chi connectivity index (χ4v) is 0.880. The van der Waals surface area contributed by atoms with Crippen LogP contribution in [0.4, 0.5) is 4.79 Å². The summed E-state index contributed by atoms with van der Waals surface area (Å²) < 4.78 is 0. The Balaban J connectivity index is 3.47. The molecule has 0 unspecified atom stereocenters. The fourth-order valence-electron chi connectivity index (χ4n) is 0.786. The number of alkyl halides is 1. The van der Waals surface area contributed by atoms with Crippen molar-refractivity contribution in [3.05, 3.63) is 0 Å². The van der Waals surface area contributed by atoms with E-state index in [-0.39, 0.29) is 6.03 Å². The van der Waals surface area contributed by atoms with Crippen molar-refractivity contribution < 1.29 is 4.79 Å². The zero-order valence-corrected chi connectivity index (χ0v) is 8.52. The Bertz CT molecular complexity index is 130. The molecule has 0 fully saturated rings. The van der Waals surface area contributed by atoms with Crippen LogP contribution in [0, 0.1) is 0 Å². The van der Waals surface area contributed by atoms with Crippen LogP contribution in [0.3, 0.4) is 0 Å². The highest BCUT2D eigenvalue weighted by molar-refractivity contribution is 6.18.